The Labute approximate surface area is 82.3 Å². The molecule has 0 fully saturated rings. The molecule has 1 N–H and O–H groups in total. The third-order valence-corrected chi connectivity index (χ3v) is 2.11. The van der Waals surface area contributed by atoms with E-state index in [2.05, 4.69) is 20.8 Å². The second-order valence-corrected chi connectivity index (χ2v) is 3.58. The molecule has 0 aromatic heterocycles. The molecule has 0 amide bonds. The summed E-state index contributed by atoms with van der Waals surface area (Å²) in [6.07, 6.45) is 5.83. The van der Waals surface area contributed by atoms with Crippen molar-refractivity contribution in [1.29, 1.82) is 0 Å². The Bertz CT molecular complexity index is 98.3. The number of hydrogen-bond donors (Lipinski definition) is 1. The molecule has 0 saturated carbocycles. The molecule has 0 spiro atoms. The fraction of sp³-hybridized carbons (Fsp3) is 1.00. The topological polar surface area (TPSA) is 29.5 Å². The summed E-state index contributed by atoms with van der Waals surface area (Å²) >= 11 is 0. The van der Waals surface area contributed by atoms with Crippen molar-refractivity contribution in [2.45, 2.75) is 71.7 Å². The highest BCUT2D eigenvalue weighted by molar-refractivity contribution is 4.57. The summed E-state index contributed by atoms with van der Waals surface area (Å²) in [5, 5.41) is 9.45. The van der Waals surface area contributed by atoms with E-state index in [1.165, 1.54) is 0 Å². The van der Waals surface area contributed by atoms with Crippen LogP contribution in [0.2, 0.25) is 0 Å². The minimum absolute atomic E-state index is 0.261. The molecule has 80 valence electrons. The molecular weight excluding hydrogens is 164 g/mol. The van der Waals surface area contributed by atoms with Crippen molar-refractivity contribution in [3.8, 4) is 0 Å². The van der Waals surface area contributed by atoms with Gasteiger partial charge >= 0.3 is 0 Å². The Hall–Kier alpha value is -0.0800. The molecule has 0 aliphatic carbocycles. The summed E-state index contributed by atoms with van der Waals surface area (Å²) in [5.41, 5.74) is 0. The number of aliphatic hydroxyl groups is 1. The summed E-state index contributed by atoms with van der Waals surface area (Å²) in [7, 11) is 0. The molecule has 2 heteroatoms. The van der Waals surface area contributed by atoms with Gasteiger partial charge in [0, 0.05) is 0 Å². The molecule has 0 bridgehead atoms. The van der Waals surface area contributed by atoms with Crippen LogP contribution in [-0.2, 0) is 4.74 Å². The van der Waals surface area contributed by atoms with Gasteiger partial charge in [-0.05, 0) is 19.3 Å². The summed E-state index contributed by atoms with van der Waals surface area (Å²) < 4.78 is 5.53. The van der Waals surface area contributed by atoms with Gasteiger partial charge in [0.25, 0.3) is 0 Å². The van der Waals surface area contributed by atoms with Crippen molar-refractivity contribution in [2.24, 2.45) is 0 Å². The minimum atomic E-state index is -0.548. The summed E-state index contributed by atoms with van der Waals surface area (Å²) in [4.78, 5) is 0. The van der Waals surface area contributed by atoms with Gasteiger partial charge in [0.2, 0.25) is 0 Å². The molecule has 0 heterocycles. The largest absolute Gasteiger partial charge is 0.368 e. The maximum Gasteiger partial charge on any atom is 0.154 e. The Morgan fingerprint density at radius 1 is 0.923 bits per heavy atom. The lowest BCUT2D eigenvalue weighted by molar-refractivity contribution is -0.142. The molecule has 0 saturated heterocycles. The summed E-state index contributed by atoms with van der Waals surface area (Å²) in [6.45, 7) is 6.36. The van der Waals surface area contributed by atoms with Gasteiger partial charge in [-0.25, -0.2) is 0 Å². The van der Waals surface area contributed by atoms with Crippen molar-refractivity contribution in [3.63, 3.8) is 0 Å². The molecular formula is C11H24O2. The van der Waals surface area contributed by atoms with Gasteiger partial charge < -0.3 is 9.84 Å². The van der Waals surface area contributed by atoms with Crippen LogP contribution in [0.5, 0.6) is 0 Å². The first-order chi connectivity index (χ1) is 6.24. The first kappa shape index (κ1) is 12.9. The molecule has 13 heavy (non-hydrogen) atoms. The third-order valence-electron chi connectivity index (χ3n) is 2.11. The minimum Gasteiger partial charge on any atom is -0.368 e. The van der Waals surface area contributed by atoms with Gasteiger partial charge in [0.15, 0.2) is 6.29 Å². The molecule has 0 rings (SSSR count). The maximum absolute atomic E-state index is 9.45. The smallest absolute Gasteiger partial charge is 0.154 e. The van der Waals surface area contributed by atoms with Gasteiger partial charge in [-0.2, -0.15) is 0 Å². The molecule has 1 atom stereocenters. The van der Waals surface area contributed by atoms with E-state index in [9.17, 15) is 5.11 Å². The van der Waals surface area contributed by atoms with E-state index in [4.69, 9.17) is 4.74 Å². The van der Waals surface area contributed by atoms with Gasteiger partial charge in [-0.15, -0.1) is 0 Å². The van der Waals surface area contributed by atoms with Crippen LogP contribution in [0.25, 0.3) is 0 Å². The second-order valence-electron chi connectivity index (χ2n) is 3.58. The van der Waals surface area contributed by atoms with E-state index in [-0.39, 0.29) is 6.10 Å². The van der Waals surface area contributed by atoms with Crippen LogP contribution in [0.1, 0.15) is 59.3 Å². The predicted octanol–water partition coefficient (Wildman–Crippen LogP) is 3.09. The van der Waals surface area contributed by atoms with Gasteiger partial charge in [-0.3, -0.25) is 0 Å². The standard InChI is InChI=1S/C11H24O2/c1-4-7-10(8-5-2)13-11(12)9-6-3/h10-12H,4-9H2,1-3H3. The van der Waals surface area contributed by atoms with Crippen LogP contribution in [0.3, 0.4) is 0 Å². The maximum atomic E-state index is 9.45. The third kappa shape index (κ3) is 7.03. The van der Waals surface area contributed by atoms with E-state index < -0.39 is 6.29 Å². The highest BCUT2D eigenvalue weighted by Crippen LogP contribution is 2.12. The molecule has 1 unspecified atom stereocenters. The average molecular weight is 188 g/mol. The zero-order valence-corrected chi connectivity index (χ0v) is 9.25. The van der Waals surface area contributed by atoms with Crippen LogP contribution in [0.4, 0.5) is 0 Å². The number of ether oxygens (including phenoxy) is 1. The highest BCUT2D eigenvalue weighted by atomic mass is 16.6. The van der Waals surface area contributed by atoms with E-state index in [0.717, 1.165) is 38.5 Å². The first-order valence-electron chi connectivity index (χ1n) is 5.58. The molecule has 2 nitrogen and oxygen atoms in total. The Kier molecular flexibility index (Phi) is 8.46. The van der Waals surface area contributed by atoms with E-state index in [1.807, 2.05) is 0 Å². The van der Waals surface area contributed by atoms with E-state index in [0.29, 0.717) is 0 Å². The number of aliphatic hydroxyl groups excluding tert-OH is 1. The lowest BCUT2D eigenvalue weighted by atomic mass is 10.1. The van der Waals surface area contributed by atoms with E-state index in [1.54, 1.807) is 0 Å². The molecule has 0 radical (unpaired) electrons. The first-order valence-corrected chi connectivity index (χ1v) is 5.58. The number of hydrogen-bond acceptors (Lipinski definition) is 2. The molecule has 0 aromatic rings. The van der Waals surface area contributed by atoms with Crippen molar-refractivity contribution in [1.82, 2.24) is 0 Å². The zero-order chi connectivity index (χ0) is 10.1. The monoisotopic (exact) mass is 188 g/mol. The lowest BCUT2D eigenvalue weighted by Gasteiger charge is -2.20. The average Bonchev–Trinajstić information content (AvgIpc) is 2.05. The quantitative estimate of drug-likeness (QED) is 0.593. The fourth-order valence-corrected chi connectivity index (χ4v) is 1.46. The van der Waals surface area contributed by atoms with Crippen LogP contribution < -0.4 is 0 Å². The Morgan fingerprint density at radius 3 is 1.77 bits per heavy atom. The van der Waals surface area contributed by atoms with Gasteiger partial charge in [-0.1, -0.05) is 40.0 Å². The van der Waals surface area contributed by atoms with Gasteiger partial charge in [0.1, 0.15) is 0 Å². The predicted molar refractivity (Wildman–Crippen MR) is 55.6 cm³/mol. The fourth-order valence-electron chi connectivity index (χ4n) is 1.46. The van der Waals surface area contributed by atoms with Crippen molar-refractivity contribution >= 4 is 0 Å². The normalized spacial score (nSPS) is 13.6. The highest BCUT2D eigenvalue weighted by Gasteiger charge is 2.11. The van der Waals surface area contributed by atoms with Crippen LogP contribution >= 0.6 is 0 Å². The number of rotatable bonds is 8. The van der Waals surface area contributed by atoms with Gasteiger partial charge in [0.05, 0.1) is 6.10 Å². The van der Waals surface area contributed by atoms with Crippen LogP contribution in [-0.4, -0.2) is 17.5 Å². The Morgan fingerprint density at radius 2 is 1.38 bits per heavy atom. The summed E-state index contributed by atoms with van der Waals surface area (Å²) in [6, 6.07) is 0. The lowest BCUT2D eigenvalue weighted by Crippen LogP contribution is -2.21. The zero-order valence-electron chi connectivity index (χ0n) is 9.25. The van der Waals surface area contributed by atoms with Crippen molar-refractivity contribution < 1.29 is 9.84 Å². The SMILES string of the molecule is CCCC(O)OC(CCC)CCC. The van der Waals surface area contributed by atoms with E-state index >= 15 is 0 Å². The molecule has 0 aliphatic heterocycles. The van der Waals surface area contributed by atoms with Crippen LogP contribution in [0, 0.1) is 0 Å². The Balaban J connectivity index is 3.64. The van der Waals surface area contributed by atoms with Crippen molar-refractivity contribution in [3.05, 3.63) is 0 Å². The summed E-state index contributed by atoms with van der Waals surface area (Å²) in [5.74, 6) is 0. The molecule has 0 aliphatic rings. The second kappa shape index (κ2) is 8.52. The van der Waals surface area contributed by atoms with Crippen molar-refractivity contribution in [2.75, 3.05) is 0 Å². The van der Waals surface area contributed by atoms with Crippen LogP contribution in [0.15, 0.2) is 0 Å². The molecule has 0 aromatic carbocycles.